The van der Waals surface area contributed by atoms with Gasteiger partial charge in [-0.25, -0.2) is 0 Å². The molecule has 1 atom stereocenters. The number of aromatic nitrogens is 1. The van der Waals surface area contributed by atoms with Gasteiger partial charge in [0, 0.05) is 29.1 Å². The predicted molar refractivity (Wildman–Crippen MR) is 85.7 cm³/mol. The molecule has 2 aliphatic carbocycles. The zero-order valence-electron chi connectivity index (χ0n) is 12.9. The van der Waals surface area contributed by atoms with Gasteiger partial charge >= 0.3 is 0 Å². The lowest BCUT2D eigenvalue weighted by atomic mass is 9.53. The summed E-state index contributed by atoms with van der Waals surface area (Å²) in [7, 11) is 4.24. The van der Waals surface area contributed by atoms with E-state index in [2.05, 4.69) is 42.2 Å². The molecule has 1 unspecified atom stereocenters. The van der Waals surface area contributed by atoms with Gasteiger partial charge in [-0.2, -0.15) is 0 Å². The molecule has 3 nitrogen and oxygen atoms in total. The van der Waals surface area contributed by atoms with Gasteiger partial charge in [0.2, 0.25) is 0 Å². The van der Waals surface area contributed by atoms with Crippen molar-refractivity contribution in [3.63, 3.8) is 0 Å². The predicted octanol–water partition coefficient (Wildman–Crippen LogP) is 2.83. The molecule has 1 heterocycles. The van der Waals surface area contributed by atoms with Crippen molar-refractivity contribution in [1.82, 2.24) is 9.88 Å². The van der Waals surface area contributed by atoms with Crippen molar-refractivity contribution >= 4 is 10.9 Å². The van der Waals surface area contributed by atoms with E-state index >= 15 is 0 Å². The summed E-state index contributed by atoms with van der Waals surface area (Å²) in [6.07, 6.45) is 7.23. The number of H-pyrrole nitrogens is 1. The van der Waals surface area contributed by atoms with Gasteiger partial charge in [0.25, 0.3) is 0 Å². The van der Waals surface area contributed by atoms with E-state index in [1.807, 2.05) is 6.20 Å². The molecule has 1 aromatic carbocycles. The van der Waals surface area contributed by atoms with E-state index in [0.29, 0.717) is 0 Å². The number of nitrogens with one attached hydrogen (secondary N) is 1. The van der Waals surface area contributed by atoms with E-state index in [-0.39, 0.29) is 5.41 Å². The molecular weight excluding hydrogens is 260 g/mol. The minimum absolute atomic E-state index is 0.0932. The van der Waals surface area contributed by atoms with Crippen molar-refractivity contribution < 1.29 is 5.11 Å². The number of nitrogens with zero attached hydrogens (tertiary/aromatic N) is 1. The summed E-state index contributed by atoms with van der Waals surface area (Å²) in [5.41, 5.74) is 3.39. The SMILES string of the molecule is CN(C)CC1(C2(O)CCCC2)Cc2ccc3[nH]ccc3c21. The van der Waals surface area contributed by atoms with Crippen LogP contribution in [0.1, 0.15) is 36.8 Å². The van der Waals surface area contributed by atoms with Crippen LogP contribution in [0.15, 0.2) is 24.4 Å². The average molecular weight is 284 g/mol. The van der Waals surface area contributed by atoms with E-state index in [1.54, 1.807) is 0 Å². The van der Waals surface area contributed by atoms with Gasteiger partial charge in [-0.05, 0) is 56.6 Å². The Morgan fingerprint density at radius 1 is 1.19 bits per heavy atom. The number of likely N-dealkylation sites (N-methyl/N-ethyl adjacent to an activating group) is 1. The van der Waals surface area contributed by atoms with Crippen molar-refractivity contribution in [2.45, 2.75) is 43.1 Å². The summed E-state index contributed by atoms with van der Waals surface area (Å²) in [6, 6.07) is 6.59. The van der Waals surface area contributed by atoms with Crippen LogP contribution < -0.4 is 0 Å². The Morgan fingerprint density at radius 2 is 1.95 bits per heavy atom. The van der Waals surface area contributed by atoms with Crippen LogP contribution in [-0.4, -0.2) is 41.2 Å². The van der Waals surface area contributed by atoms with Gasteiger partial charge in [0.1, 0.15) is 0 Å². The van der Waals surface area contributed by atoms with E-state index in [4.69, 9.17) is 0 Å². The maximum Gasteiger partial charge on any atom is 0.0759 e. The smallest absolute Gasteiger partial charge is 0.0759 e. The first-order chi connectivity index (χ1) is 10.1. The van der Waals surface area contributed by atoms with Gasteiger partial charge in [-0.1, -0.05) is 18.9 Å². The number of hydrogen-bond acceptors (Lipinski definition) is 2. The zero-order chi connectivity index (χ0) is 14.7. The minimum atomic E-state index is -0.532. The largest absolute Gasteiger partial charge is 0.389 e. The van der Waals surface area contributed by atoms with Crippen LogP contribution in [0.3, 0.4) is 0 Å². The molecule has 0 amide bonds. The van der Waals surface area contributed by atoms with Crippen LogP contribution in [0.25, 0.3) is 10.9 Å². The quantitative estimate of drug-likeness (QED) is 0.909. The standard InChI is InChI=1S/C18H24N2O/c1-20(2)12-17(18(21)8-3-4-9-18)11-13-5-6-15-14(16(13)17)7-10-19-15/h5-7,10,19,21H,3-4,8-9,11-12H2,1-2H3. The summed E-state index contributed by atoms with van der Waals surface area (Å²) in [6.45, 7) is 0.931. The molecule has 21 heavy (non-hydrogen) atoms. The van der Waals surface area contributed by atoms with Crippen LogP contribution in [0.5, 0.6) is 0 Å². The second-order valence-electron chi connectivity index (χ2n) is 7.27. The van der Waals surface area contributed by atoms with Crippen molar-refractivity contribution in [2.75, 3.05) is 20.6 Å². The lowest BCUT2D eigenvalue weighted by molar-refractivity contribution is -0.0554. The number of aromatic amines is 1. The Balaban J connectivity index is 1.91. The molecule has 2 N–H and O–H groups in total. The van der Waals surface area contributed by atoms with Gasteiger partial charge in [0.15, 0.2) is 0 Å². The van der Waals surface area contributed by atoms with Crippen LogP contribution in [0.4, 0.5) is 0 Å². The number of aliphatic hydroxyl groups is 1. The average Bonchev–Trinajstić information content (AvgIpc) is 3.03. The highest BCUT2D eigenvalue weighted by Crippen LogP contribution is 2.56. The van der Waals surface area contributed by atoms with E-state index in [0.717, 1.165) is 38.6 Å². The van der Waals surface area contributed by atoms with Gasteiger partial charge < -0.3 is 15.0 Å². The van der Waals surface area contributed by atoms with Crippen molar-refractivity contribution in [3.8, 4) is 0 Å². The van der Waals surface area contributed by atoms with Crippen molar-refractivity contribution in [3.05, 3.63) is 35.5 Å². The van der Waals surface area contributed by atoms with Crippen LogP contribution in [-0.2, 0) is 11.8 Å². The second kappa shape index (κ2) is 4.34. The summed E-state index contributed by atoms with van der Waals surface area (Å²) < 4.78 is 0. The Morgan fingerprint density at radius 3 is 2.67 bits per heavy atom. The van der Waals surface area contributed by atoms with Crippen molar-refractivity contribution in [2.24, 2.45) is 0 Å². The highest BCUT2D eigenvalue weighted by atomic mass is 16.3. The fraction of sp³-hybridized carbons (Fsp3) is 0.556. The number of hydrogen-bond donors (Lipinski definition) is 2. The molecule has 0 spiro atoms. The first-order valence-electron chi connectivity index (χ1n) is 8.02. The highest BCUT2D eigenvalue weighted by Gasteiger charge is 2.58. The van der Waals surface area contributed by atoms with Crippen LogP contribution in [0.2, 0.25) is 0 Å². The maximum absolute atomic E-state index is 11.4. The molecule has 1 fully saturated rings. The first-order valence-corrected chi connectivity index (χ1v) is 8.02. The molecule has 1 aromatic heterocycles. The van der Waals surface area contributed by atoms with Crippen molar-refractivity contribution in [1.29, 1.82) is 0 Å². The maximum atomic E-state index is 11.4. The molecule has 0 radical (unpaired) electrons. The molecule has 0 saturated heterocycles. The van der Waals surface area contributed by atoms with Crippen LogP contribution >= 0.6 is 0 Å². The number of benzene rings is 1. The number of rotatable bonds is 3. The Labute approximate surface area is 126 Å². The van der Waals surface area contributed by atoms with E-state index < -0.39 is 5.60 Å². The first kappa shape index (κ1) is 13.4. The second-order valence-corrected chi connectivity index (χ2v) is 7.27. The summed E-state index contributed by atoms with van der Waals surface area (Å²) in [5, 5.41) is 12.7. The monoisotopic (exact) mass is 284 g/mol. The topological polar surface area (TPSA) is 39.3 Å². The Hall–Kier alpha value is -1.32. The van der Waals surface area contributed by atoms with Gasteiger partial charge in [0.05, 0.1) is 5.60 Å². The fourth-order valence-electron chi connectivity index (χ4n) is 4.86. The summed E-state index contributed by atoms with van der Waals surface area (Å²) >= 11 is 0. The third kappa shape index (κ3) is 1.68. The van der Waals surface area contributed by atoms with E-state index in [1.165, 1.54) is 22.0 Å². The Kier molecular flexibility index (Phi) is 2.76. The molecule has 2 aromatic rings. The third-order valence-electron chi connectivity index (χ3n) is 5.70. The molecule has 0 bridgehead atoms. The molecule has 3 heteroatoms. The van der Waals surface area contributed by atoms with Gasteiger partial charge in [-0.15, -0.1) is 0 Å². The molecule has 4 rings (SSSR count). The number of fused-ring (bicyclic) bond motifs is 3. The van der Waals surface area contributed by atoms with E-state index in [9.17, 15) is 5.11 Å². The fourth-order valence-corrected chi connectivity index (χ4v) is 4.86. The Bertz CT molecular complexity index is 682. The molecule has 0 aliphatic heterocycles. The lowest BCUT2D eigenvalue weighted by Crippen LogP contribution is -2.61. The minimum Gasteiger partial charge on any atom is -0.389 e. The highest BCUT2D eigenvalue weighted by molar-refractivity contribution is 5.88. The molecule has 1 saturated carbocycles. The zero-order valence-corrected chi connectivity index (χ0v) is 12.9. The molecule has 2 aliphatic rings. The normalized spacial score (nSPS) is 27.0. The van der Waals surface area contributed by atoms with Gasteiger partial charge in [-0.3, -0.25) is 0 Å². The van der Waals surface area contributed by atoms with Crippen LogP contribution in [0, 0.1) is 0 Å². The summed E-state index contributed by atoms with van der Waals surface area (Å²) in [4.78, 5) is 5.56. The molecule has 112 valence electrons. The third-order valence-corrected chi connectivity index (χ3v) is 5.70. The molecular formula is C18H24N2O. The summed E-state index contributed by atoms with van der Waals surface area (Å²) in [5.74, 6) is 0. The lowest BCUT2D eigenvalue weighted by Gasteiger charge is -2.54.